The fourth-order valence-corrected chi connectivity index (χ4v) is 3.38. The molecule has 0 aliphatic carbocycles. The predicted molar refractivity (Wildman–Crippen MR) is 88.6 cm³/mol. The highest BCUT2D eigenvalue weighted by Crippen LogP contribution is 2.28. The molecule has 0 aromatic heterocycles. The summed E-state index contributed by atoms with van der Waals surface area (Å²) in [5.41, 5.74) is 1.66. The molecule has 2 aliphatic rings. The van der Waals surface area contributed by atoms with Crippen LogP contribution in [0.25, 0.3) is 0 Å². The van der Waals surface area contributed by atoms with E-state index in [4.69, 9.17) is 0 Å². The molecule has 2 aliphatic heterocycles. The molecule has 1 atom stereocenters. The molecular formula is C17H23ClF2N2O. The van der Waals surface area contributed by atoms with E-state index in [2.05, 4.69) is 5.32 Å². The Balaban J connectivity index is 0.00000192. The largest absolute Gasteiger partial charge is 0.333 e. The van der Waals surface area contributed by atoms with Gasteiger partial charge >= 0.3 is 0 Å². The van der Waals surface area contributed by atoms with Crippen LogP contribution < -0.4 is 5.32 Å². The van der Waals surface area contributed by atoms with Gasteiger partial charge in [0.2, 0.25) is 0 Å². The first-order chi connectivity index (χ1) is 10.6. The van der Waals surface area contributed by atoms with Crippen molar-refractivity contribution >= 4 is 18.3 Å². The summed E-state index contributed by atoms with van der Waals surface area (Å²) < 4.78 is 27.0. The lowest BCUT2D eigenvalue weighted by molar-refractivity contribution is -0.0560. The summed E-state index contributed by atoms with van der Waals surface area (Å²) in [4.78, 5) is 13.8. The molecule has 1 amide bonds. The van der Waals surface area contributed by atoms with E-state index >= 15 is 0 Å². The summed E-state index contributed by atoms with van der Waals surface area (Å²) in [6.45, 7) is 1.92. The lowest BCUT2D eigenvalue weighted by Crippen LogP contribution is -2.45. The van der Waals surface area contributed by atoms with Crippen LogP contribution in [-0.4, -0.2) is 42.9 Å². The number of carbonyl (C=O) groups excluding carboxylic acids is 1. The van der Waals surface area contributed by atoms with Crippen LogP contribution in [0.1, 0.15) is 47.5 Å². The minimum absolute atomic E-state index is 0. The van der Waals surface area contributed by atoms with E-state index in [9.17, 15) is 13.6 Å². The molecule has 23 heavy (non-hydrogen) atoms. The summed E-state index contributed by atoms with van der Waals surface area (Å²) >= 11 is 0. The van der Waals surface area contributed by atoms with Crippen LogP contribution in [0.5, 0.6) is 0 Å². The number of hydrogen-bond acceptors (Lipinski definition) is 2. The first-order valence-corrected chi connectivity index (χ1v) is 8.03. The highest BCUT2D eigenvalue weighted by atomic mass is 35.5. The molecule has 2 heterocycles. The molecule has 2 fully saturated rings. The van der Waals surface area contributed by atoms with Crippen molar-refractivity contribution in [3.05, 3.63) is 35.4 Å². The molecule has 2 saturated heterocycles. The van der Waals surface area contributed by atoms with Gasteiger partial charge in [-0.25, -0.2) is 8.78 Å². The average Bonchev–Trinajstić information content (AvgIpc) is 2.54. The Morgan fingerprint density at radius 2 is 2.13 bits per heavy atom. The number of likely N-dealkylation sites (tertiary alicyclic amines) is 1. The molecular weight excluding hydrogens is 322 g/mol. The second kappa shape index (κ2) is 7.58. The Hall–Kier alpha value is -1.20. The Labute approximate surface area is 141 Å². The maximum absolute atomic E-state index is 13.5. The van der Waals surface area contributed by atoms with E-state index in [0.717, 1.165) is 31.5 Å². The van der Waals surface area contributed by atoms with Crippen molar-refractivity contribution in [2.75, 3.05) is 26.2 Å². The second-order valence-corrected chi connectivity index (χ2v) is 6.35. The summed E-state index contributed by atoms with van der Waals surface area (Å²) in [5.74, 6) is -2.62. The van der Waals surface area contributed by atoms with Gasteiger partial charge in [0.25, 0.3) is 11.8 Å². The lowest BCUT2D eigenvalue weighted by Gasteiger charge is -2.32. The number of nitrogens with one attached hydrogen (secondary N) is 1. The summed E-state index contributed by atoms with van der Waals surface area (Å²) in [5, 5.41) is 3.36. The van der Waals surface area contributed by atoms with Gasteiger partial charge in [0.1, 0.15) is 0 Å². The van der Waals surface area contributed by atoms with Gasteiger partial charge in [0, 0.05) is 25.1 Å². The minimum Gasteiger partial charge on any atom is -0.333 e. The zero-order valence-electron chi connectivity index (χ0n) is 13.1. The normalized spacial score (nSPS) is 23.9. The number of halogens is 3. The third-order valence-corrected chi connectivity index (χ3v) is 4.58. The molecule has 1 unspecified atom stereocenters. The zero-order valence-corrected chi connectivity index (χ0v) is 13.9. The van der Waals surface area contributed by atoms with Crippen LogP contribution in [0.4, 0.5) is 8.78 Å². The molecule has 0 radical (unpaired) electrons. The monoisotopic (exact) mass is 344 g/mol. The molecule has 3 rings (SSSR count). The molecule has 128 valence electrons. The summed E-state index contributed by atoms with van der Waals surface area (Å²) in [6.07, 6.45) is 2.48. The average molecular weight is 345 g/mol. The van der Waals surface area contributed by atoms with E-state index < -0.39 is 12.5 Å². The van der Waals surface area contributed by atoms with Crippen LogP contribution >= 0.6 is 12.4 Å². The third-order valence-electron chi connectivity index (χ3n) is 4.58. The van der Waals surface area contributed by atoms with Crippen molar-refractivity contribution in [2.45, 2.75) is 37.5 Å². The Bertz CT molecular complexity index is 547. The zero-order chi connectivity index (χ0) is 15.6. The van der Waals surface area contributed by atoms with Gasteiger partial charge in [-0.15, -0.1) is 12.4 Å². The van der Waals surface area contributed by atoms with E-state index in [1.54, 1.807) is 6.07 Å². The van der Waals surface area contributed by atoms with Crippen LogP contribution in [0.15, 0.2) is 24.3 Å². The van der Waals surface area contributed by atoms with Gasteiger partial charge in [0.15, 0.2) is 0 Å². The Morgan fingerprint density at radius 1 is 1.30 bits per heavy atom. The van der Waals surface area contributed by atoms with Gasteiger partial charge in [0.05, 0.1) is 6.54 Å². The van der Waals surface area contributed by atoms with Gasteiger partial charge in [-0.1, -0.05) is 12.1 Å². The van der Waals surface area contributed by atoms with Gasteiger partial charge in [-0.2, -0.15) is 0 Å². The number of nitrogens with zero attached hydrogens (tertiary/aromatic N) is 1. The van der Waals surface area contributed by atoms with E-state index in [-0.39, 0.29) is 24.7 Å². The highest BCUT2D eigenvalue weighted by molar-refractivity contribution is 5.94. The van der Waals surface area contributed by atoms with E-state index in [1.165, 1.54) is 4.90 Å². The van der Waals surface area contributed by atoms with Crippen molar-refractivity contribution in [1.29, 1.82) is 0 Å². The van der Waals surface area contributed by atoms with Crippen LogP contribution in [0, 0.1) is 0 Å². The van der Waals surface area contributed by atoms with Gasteiger partial charge in [-0.05, 0) is 49.4 Å². The summed E-state index contributed by atoms with van der Waals surface area (Å²) in [7, 11) is 0. The smallest absolute Gasteiger partial charge is 0.265 e. The maximum Gasteiger partial charge on any atom is 0.265 e. The first-order valence-electron chi connectivity index (χ1n) is 8.03. The van der Waals surface area contributed by atoms with E-state index in [0.29, 0.717) is 24.4 Å². The topological polar surface area (TPSA) is 32.3 Å². The molecule has 1 N–H and O–H groups in total. The fraction of sp³-hybridized carbons (Fsp3) is 0.588. The molecule has 3 nitrogen and oxygen atoms in total. The Kier molecular flexibility index (Phi) is 5.98. The van der Waals surface area contributed by atoms with Crippen LogP contribution in [0.3, 0.4) is 0 Å². The number of hydrogen-bond donors (Lipinski definition) is 1. The standard InChI is InChI=1S/C17H22F2N2O.ClH/c18-17(19)7-3-9-21(12-17)16(22)14-5-1-4-13(10-14)15-6-2-8-20-11-15;/h1,4-5,10,15,20H,2-3,6-9,11-12H2;1H. The van der Waals surface area contributed by atoms with Crippen molar-refractivity contribution in [3.8, 4) is 0 Å². The number of rotatable bonds is 2. The number of alkyl halides is 2. The number of amides is 1. The van der Waals surface area contributed by atoms with Crippen LogP contribution in [-0.2, 0) is 0 Å². The third kappa shape index (κ3) is 4.42. The molecule has 6 heteroatoms. The molecule has 1 aromatic rings. The molecule has 0 saturated carbocycles. The number of benzene rings is 1. The van der Waals surface area contributed by atoms with E-state index in [1.807, 2.05) is 18.2 Å². The van der Waals surface area contributed by atoms with Crippen molar-refractivity contribution in [1.82, 2.24) is 10.2 Å². The maximum atomic E-state index is 13.5. The highest BCUT2D eigenvalue weighted by Gasteiger charge is 2.37. The fourth-order valence-electron chi connectivity index (χ4n) is 3.38. The summed E-state index contributed by atoms with van der Waals surface area (Å²) in [6, 6.07) is 7.50. The molecule has 0 spiro atoms. The molecule has 1 aromatic carbocycles. The minimum atomic E-state index is -2.75. The molecule has 0 bridgehead atoms. The SMILES string of the molecule is Cl.O=C(c1cccc(C2CCCNC2)c1)N1CCCC(F)(F)C1. The Morgan fingerprint density at radius 3 is 2.83 bits per heavy atom. The first kappa shape index (κ1) is 18.1. The van der Waals surface area contributed by atoms with Crippen LogP contribution in [0.2, 0.25) is 0 Å². The van der Waals surface area contributed by atoms with Crippen molar-refractivity contribution < 1.29 is 13.6 Å². The van der Waals surface area contributed by atoms with Gasteiger partial charge in [-0.3, -0.25) is 4.79 Å². The second-order valence-electron chi connectivity index (χ2n) is 6.35. The lowest BCUT2D eigenvalue weighted by atomic mass is 9.90. The number of piperidine rings is 2. The van der Waals surface area contributed by atoms with Gasteiger partial charge < -0.3 is 10.2 Å². The van der Waals surface area contributed by atoms with Crippen molar-refractivity contribution in [3.63, 3.8) is 0 Å². The quantitative estimate of drug-likeness (QED) is 0.891. The van der Waals surface area contributed by atoms with Crippen molar-refractivity contribution in [2.24, 2.45) is 0 Å². The number of carbonyl (C=O) groups is 1. The predicted octanol–water partition coefficient (Wildman–Crippen LogP) is 3.45.